The van der Waals surface area contributed by atoms with Gasteiger partial charge in [-0.25, -0.2) is 8.42 Å². The van der Waals surface area contributed by atoms with Gasteiger partial charge in [0.1, 0.15) is 0 Å². The number of nitrogens with zero attached hydrogens (tertiary/aromatic N) is 2. The predicted molar refractivity (Wildman–Crippen MR) is 104 cm³/mol. The van der Waals surface area contributed by atoms with Crippen LogP contribution in [-0.4, -0.2) is 40.7 Å². The minimum Gasteiger partial charge on any atom is -0.378 e. The molecule has 1 amide bonds. The van der Waals surface area contributed by atoms with Crippen molar-refractivity contribution in [1.29, 1.82) is 0 Å². The SMILES string of the molecule is CN(C)c1ccc(CNC(=O)c2ccc(N3CCCS3(=O)=O)cc2)cc1. The summed E-state index contributed by atoms with van der Waals surface area (Å²) < 4.78 is 25.3. The zero-order valence-electron chi connectivity index (χ0n) is 15.0. The normalized spacial score (nSPS) is 15.7. The van der Waals surface area contributed by atoms with E-state index in [1.807, 2.05) is 43.3 Å². The highest BCUT2D eigenvalue weighted by atomic mass is 32.2. The van der Waals surface area contributed by atoms with Crippen LogP contribution in [0.3, 0.4) is 0 Å². The van der Waals surface area contributed by atoms with Crippen molar-refractivity contribution in [2.24, 2.45) is 0 Å². The summed E-state index contributed by atoms with van der Waals surface area (Å²) in [6, 6.07) is 14.7. The zero-order chi connectivity index (χ0) is 18.7. The molecule has 0 atom stereocenters. The molecule has 0 aromatic heterocycles. The molecule has 1 N–H and O–H groups in total. The molecular formula is C19H23N3O3S. The lowest BCUT2D eigenvalue weighted by molar-refractivity contribution is 0.0951. The standard InChI is InChI=1S/C19H23N3O3S/c1-21(2)17-8-4-15(5-9-17)14-20-19(23)16-6-10-18(11-7-16)22-12-3-13-26(22,24)25/h4-11H,3,12-14H2,1-2H3,(H,20,23). The lowest BCUT2D eigenvalue weighted by Crippen LogP contribution is -2.25. The van der Waals surface area contributed by atoms with Gasteiger partial charge in [0.25, 0.3) is 5.91 Å². The van der Waals surface area contributed by atoms with E-state index < -0.39 is 10.0 Å². The van der Waals surface area contributed by atoms with E-state index in [-0.39, 0.29) is 11.7 Å². The Labute approximate surface area is 154 Å². The largest absolute Gasteiger partial charge is 0.378 e. The number of carbonyl (C=O) groups excluding carboxylic acids is 1. The molecule has 3 rings (SSSR count). The molecular weight excluding hydrogens is 350 g/mol. The van der Waals surface area contributed by atoms with E-state index in [9.17, 15) is 13.2 Å². The topological polar surface area (TPSA) is 69.7 Å². The molecule has 138 valence electrons. The van der Waals surface area contributed by atoms with Gasteiger partial charge >= 0.3 is 0 Å². The molecule has 2 aromatic rings. The second-order valence-corrected chi connectivity index (χ2v) is 8.54. The monoisotopic (exact) mass is 373 g/mol. The highest BCUT2D eigenvalue weighted by Gasteiger charge is 2.28. The number of hydrogen-bond donors (Lipinski definition) is 1. The van der Waals surface area contributed by atoms with Gasteiger partial charge in [-0.3, -0.25) is 9.10 Å². The highest BCUT2D eigenvalue weighted by molar-refractivity contribution is 7.93. The van der Waals surface area contributed by atoms with Crippen LogP contribution in [0.15, 0.2) is 48.5 Å². The average Bonchev–Trinajstić information content (AvgIpc) is 2.99. The van der Waals surface area contributed by atoms with E-state index >= 15 is 0 Å². The van der Waals surface area contributed by atoms with E-state index in [1.165, 1.54) is 4.31 Å². The summed E-state index contributed by atoms with van der Waals surface area (Å²) in [7, 11) is 0.760. The Morgan fingerprint density at radius 3 is 2.27 bits per heavy atom. The van der Waals surface area contributed by atoms with Crippen molar-refractivity contribution in [3.05, 3.63) is 59.7 Å². The first-order chi connectivity index (χ1) is 12.4. The van der Waals surface area contributed by atoms with Crippen LogP contribution in [0.25, 0.3) is 0 Å². The second kappa shape index (κ2) is 7.37. The number of benzene rings is 2. The molecule has 1 aliphatic rings. The molecule has 1 aliphatic heterocycles. The smallest absolute Gasteiger partial charge is 0.251 e. The Morgan fingerprint density at radius 2 is 1.73 bits per heavy atom. The van der Waals surface area contributed by atoms with E-state index in [1.54, 1.807) is 24.3 Å². The van der Waals surface area contributed by atoms with Gasteiger partial charge in [-0.1, -0.05) is 12.1 Å². The second-order valence-electron chi connectivity index (χ2n) is 6.53. The van der Waals surface area contributed by atoms with Gasteiger partial charge in [-0.15, -0.1) is 0 Å². The van der Waals surface area contributed by atoms with Crippen molar-refractivity contribution in [2.45, 2.75) is 13.0 Å². The summed E-state index contributed by atoms with van der Waals surface area (Å²) in [6.45, 7) is 0.936. The van der Waals surface area contributed by atoms with Crippen molar-refractivity contribution in [2.75, 3.05) is 35.6 Å². The maximum atomic E-state index is 12.3. The molecule has 1 heterocycles. The summed E-state index contributed by atoms with van der Waals surface area (Å²) in [5.74, 6) is -0.000465. The molecule has 7 heteroatoms. The number of anilines is 2. The number of carbonyl (C=O) groups is 1. The Bertz CT molecular complexity index is 875. The van der Waals surface area contributed by atoms with Crippen LogP contribution in [0.5, 0.6) is 0 Å². The number of sulfonamides is 1. The third-order valence-corrected chi connectivity index (χ3v) is 6.29. The van der Waals surface area contributed by atoms with Gasteiger partial charge in [0.05, 0.1) is 11.4 Å². The molecule has 0 saturated carbocycles. The lowest BCUT2D eigenvalue weighted by Gasteiger charge is -2.17. The fourth-order valence-corrected chi connectivity index (χ4v) is 4.47. The fraction of sp³-hybridized carbons (Fsp3) is 0.316. The zero-order valence-corrected chi connectivity index (χ0v) is 15.8. The number of hydrogen-bond acceptors (Lipinski definition) is 4. The van der Waals surface area contributed by atoms with Crippen LogP contribution >= 0.6 is 0 Å². The Morgan fingerprint density at radius 1 is 1.08 bits per heavy atom. The van der Waals surface area contributed by atoms with Crippen LogP contribution in [-0.2, 0) is 16.6 Å². The quantitative estimate of drug-likeness (QED) is 0.873. The van der Waals surface area contributed by atoms with E-state index in [4.69, 9.17) is 0 Å². The summed E-state index contributed by atoms with van der Waals surface area (Å²) >= 11 is 0. The predicted octanol–water partition coefficient (Wildman–Crippen LogP) is 2.22. The molecule has 2 aromatic carbocycles. The summed E-state index contributed by atoms with van der Waals surface area (Å²) in [5.41, 5.74) is 3.24. The van der Waals surface area contributed by atoms with Crippen molar-refractivity contribution >= 4 is 27.3 Å². The first-order valence-electron chi connectivity index (χ1n) is 8.52. The number of rotatable bonds is 5. The van der Waals surface area contributed by atoms with Crippen molar-refractivity contribution in [1.82, 2.24) is 5.32 Å². The molecule has 26 heavy (non-hydrogen) atoms. The maximum Gasteiger partial charge on any atom is 0.251 e. The molecule has 0 radical (unpaired) electrons. The van der Waals surface area contributed by atoms with Gasteiger partial charge in [0, 0.05) is 38.4 Å². The lowest BCUT2D eigenvalue weighted by atomic mass is 10.1. The van der Waals surface area contributed by atoms with Gasteiger partial charge in [-0.05, 0) is 48.4 Å². The molecule has 1 saturated heterocycles. The van der Waals surface area contributed by atoms with Gasteiger partial charge in [-0.2, -0.15) is 0 Å². The van der Waals surface area contributed by atoms with Crippen LogP contribution in [0, 0.1) is 0 Å². The minimum atomic E-state index is -3.20. The first kappa shape index (κ1) is 18.3. The van der Waals surface area contributed by atoms with E-state index in [2.05, 4.69) is 5.32 Å². The van der Waals surface area contributed by atoms with Gasteiger partial charge in [0.15, 0.2) is 0 Å². The van der Waals surface area contributed by atoms with Crippen molar-refractivity contribution in [3.63, 3.8) is 0 Å². The molecule has 0 bridgehead atoms. The molecule has 0 unspecified atom stereocenters. The first-order valence-corrected chi connectivity index (χ1v) is 10.1. The van der Waals surface area contributed by atoms with Crippen LogP contribution < -0.4 is 14.5 Å². The fourth-order valence-electron chi connectivity index (χ4n) is 2.90. The van der Waals surface area contributed by atoms with Crippen LogP contribution in [0.1, 0.15) is 22.3 Å². The summed E-state index contributed by atoms with van der Waals surface area (Å²) in [4.78, 5) is 14.3. The Balaban J connectivity index is 1.61. The summed E-state index contributed by atoms with van der Waals surface area (Å²) in [5, 5.41) is 2.88. The average molecular weight is 373 g/mol. The minimum absolute atomic E-state index is 0.182. The van der Waals surface area contributed by atoms with Crippen LogP contribution in [0.4, 0.5) is 11.4 Å². The van der Waals surface area contributed by atoms with Gasteiger partial charge < -0.3 is 10.2 Å². The summed E-state index contributed by atoms with van der Waals surface area (Å²) in [6.07, 6.45) is 0.636. The van der Waals surface area contributed by atoms with Crippen molar-refractivity contribution < 1.29 is 13.2 Å². The molecule has 0 aliphatic carbocycles. The van der Waals surface area contributed by atoms with E-state index in [0.29, 0.717) is 30.8 Å². The number of nitrogens with one attached hydrogen (secondary N) is 1. The third kappa shape index (κ3) is 3.99. The van der Waals surface area contributed by atoms with E-state index in [0.717, 1.165) is 11.3 Å². The Kier molecular flexibility index (Phi) is 5.18. The highest BCUT2D eigenvalue weighted by Crippen LogP contribution is 2.24. The number of amides is 1. The third-order valence-electron chi connectivity index (χ3n) is 4.42. The molecule has 1 fully saturated rings. The van der Waals surface area contributed by atoms with Crippen LogP contribution in [0.2, 0.25) is 0 Å². The maximum absolute atomic E-state index is 12.3. The van der Waals surface area contributed by atoms with Gasteiger partial charge in [0.2, 0.25) is 10.0 Å². The molecule has 0 spiro atoms. The van der Waals surface area contributed by atoms with Crippen molar-refractivity contribution in [3.8, 4) is 0 Å². The molecule has 6 nitrogen and oxygen atoms in total. The Hall–Kier alpha value is -2.54.